The fraction of sp³-hybridized carbons (Fsp3) is 0.545. The molecule has 0 radical (unpaired) electrons. The Hall–Kier alpha value is -1.45. The molecule has 6 heteroatoms. The van der Waals surface area contributed by atoms with Gasteiger partial charge < -0.3 is 10.6 Å². The lowest BCUT2D eigenvalue weighted by Gasteiger charge is -2.04. The summed E-state index contributed by atoms with van der Waals surface area (Å²) in [7, 11) is 0. The molecule has 92 valence electrons. The van der Waals surface area contributed by atoms with E-state index in [4.69, 9.17) is 5.26 Å². The summed E-state index contributed by atoms with van der Waals surface area (Å²) in [5.74, 6) is -0.0743. The average molecular weight is 252 g/mol. The lowest BCUT2D eigenvalue weighted by molar-refractivity contribution is -0.120. The predicted octanol–water partition coefficient (Wildman–Crippen LogP) is 0.613. The number of nitrogens with one attached hydrogen (secondary N) is 2. The third-order valence-corrected chi connectivity index (χ3v) is 2.89. The molecule has 0 aliphatic rings. The highest BCUT2D eigenvalue weighted by Gasteiger charge is 2.01. The molecule has 0 saturated carbocycles. The first-order valence-electron chi connectivity index (χ1n) is 5.47. The summed E-state index contributed by atoms with van der Waals surface area (Å²) in [6.07, 6.45) is 1.18. The van der Waals surface area contributed by atoms with Crippen LogP contribution in [0.15, 0.2) is 5.38 Å². The zero-order chi connectivity index (χ0) is 12.5. The normalized spacial score (nSPS) is 9.88. The van der Waals surface area contributed by atoms with Gasteiger partial charge in [0, 0.05) is 24.9 Å². The largest absolute Gasteiger partial charge is 0.354 e. The van der Waals surface area contributed by atoms with E-state index in [-0.39, 0.29) is 12.5 Å². The van der Waals surface area contributed by atoms with Crippen LogP contribution in [0.5, 0.6) is 0 Å². The van der Waals surface area contributed by atoms with Crippen molar-refractivity contribution < 1.29 is 4.79 Å². The molecule has 1 rings (SSSR count). The van der Waals surface area contributed by atoms with Crippen molar-refractivity contribution in [2.45, 2.75) is 19.8 Å². The number of hydrogen-bond donors (Lipinski definition) is 2. The monoisotopic (exact) mass is 252 g/mol. The number of amides is 1. The highest BCUT2D eigenvalue weighted by Crippen LogP contribution is 2.07. The van der Waals surface area contributed by atoms with Crippen LogP contribution in [0.25, 0.3) is 0 Å². The van der Waals surface area contributed by atoms with Crippen LogP contribution in [0, 0.1) is 18.3 Å². The number of rotatable bonds is 7. The van der Waals surface area contributed by atoms with Crippen LogP contribution in [-0.4, -0.2) is 30.5 Å². The van der Waals surface area contributed by atoms with E-state index in [1.807, 2.05) is 18.4 Å². The fourth-order valence-corrected chi connectivity index (χ4v) is 1.91. The van der Waals surface area contributed by atoms with E-state index in [2.05, 4.69) is 15.6 Å². The summed E-state index contributed by atoms with van der Waals surface area (Å²) in [5, 5.41) is 17.1. The van der Waals surface area contributed by atoms with Gasteiger partial charge in [0.1, 0.15) is 0 Å². The molecule has 17 heavy (non-hydrogen) atoms. The Bertz CT molecular complexity index is 396. The summed E-state index contributed by atoms with van der Waals surface area (Å²) in [6, 6.07) is 1.97. The van der Waals surface area contributed by atoms with Crippen molar-refractivity contribution in [1.82, 2.24) is 15.6 Å². The lowest BCUT2D eigenvalue weighted by Crippen LogP contribution is -2.35. The minimum Gasteiger partial charge on any atom is -0.354 e. The van der Waals surface area contributed by atoms with Crippen LogP contribution in [-0.2, 0) is 11.2 Å². The van der Waals surface area contributed by atoms with Gasteiger partial charge in [0.2, 0.25) is 5.91 Å². The minimum absolute atomic E-state index is 0.0743. The Morgan fingerprint density at radius 2 is 2.41 bits per heavy atom. The molecule has 0 saturated heterocycles. The van der Waals surface area contributed by atoms with Gasteiger partial charge in [-0.1, -0.05) is 0 Å². The van der Waals surface area contributed by atoms with E-state index in [1.54, 1.807) is 11.3 Å². The van der Waals surface area contributed by atoms with Gasteiger partial charge in [-0.15, -0.1) is 11.3 Å². The first kappa shape index (κ1) is 13.6. The molecule has 0 atom stereocenters. The van der Waals surface area contributed by atoms with Crippen LogP contribution < -0.4 is 10.6 Å². The smallest absolute Gasteiger partial charge is 0.233 e. The molecule has 2 N–H and O–H groups in total. The second-order valence-corrected chi connectivity index (χ2v) is 4.60. The quantitative estimate of drug-likeness (QED) is 0.697. The van der Waals surface area contributed by atoms with E-state index in [0.29, 0.717) is 13.0 Å². The Balaban J connectivity index is 2.04. The Morgan fingerprint density at radius 1 is 1.59 bits per heavy atom. The van der Waals surface area contributed by atoms with Crippen LogP contribution in [0.2, 0.25) is 0 Å². The second kappa shape index (κ2) is 7.76. The van der Waals surface area contributed by atoms with E-state index in [9.17, 15) is 4.79 Å². The Kier molecular flexibility index (Phi) is 6.22. The number of carbonyl (C=O) groups excluding carboxylic acids is 1. The zero-order valence-corrected chi connectivity index (χ0v) is 10.6. The maximum absolute atomic E-state index is 11.2. The molecule has 0 aliphatic heterocycles. The molecule has 1 heterocycles. The third kappa shape index (κ3) is 6.00. The SMILES string of the molecule is Cc1nc(CCNCC(=O)NCCC#N)cs1. The average Bonchev–Trinajstić information content (AvgIpc) is 2.71. The lowest BCUT2D eigenvalue weighted by atomic mass is 10.3. The molecule has 0 aliphatic carbocycles. The van der Waals surface area contributed by atoms with Crippen LogP contribution in [0.1, 0.15) is 17.1 Å². The van der Waals surface area contributed by atoms with Crippen molar-refractivity contribution in [2.24, 2.45) is 0 Å². The first-order chi connectivity index (χ1) is 8.22. The van der Waals surface area contributed by atoms with Gasteiger partial charge in [-0.2, -0.15) is 5.26 Å². The van der Waals surface area contributed by atoms with E-state index < -0.39 is 0 Å². The number of thiazole rings is 1. The molecule has 0 aromatic carbocycles. The molecular formula is C11H16N4OS. The van der Waals surface area contributed by atoms with E-state index in [0.717, 1.165) is 23.7 Å². The predicted molar refractivity (Wildman–Crippen MR) is 66.7 cm³/mol. The van der Waals surface area contributed by atoms with Gasteiger partial charge in [0.25, 0.3) is 0 Å². The minimum atomic E-state index is -0.0743. The van der Waals surface area contributed by atoms with Crippen molar-refractivity contribution in [2.75, 3.05) is 19.6 Å². The fourth-order valence-electron chi connectivity index (χ4n) is 1.26. The zero-order valence-electron chi connectivity index (χ0n) is 9.82. The van der Waals surface area contributed by atoms with Gasteiger partial charge in [-0.3, -0.25) is 4.79 Å². The van der Waals surface area contributed by atoms with Gasteiger partial charge in [0.15, 0.2) is 0 Å². The summed E-state index contributed by atoms with van der Waals surface area (Å²) in [6.45, 7) is 3.41. The van der Waals surface area contributed by atoms with Crippen LogP contribution in [0.4, 0.5) is 0 Å². The number of aryl methyl sites for hydroxylation is 1. The molecule has 0 bridgehead atoms. The van der Waals surface area contributed by atoms with Gasteiger partial charge in [-0.25, -0.2) is 4.98 Å². The van der Waals surface area contributed by atoms with Crippen molar-refractivity contribution in [3.05, 3.63) is 16.1 Å². The van der Waals surface area contributed by atoms with E-state index in [1.165, 1.54) is 0 Å². The summed E-state index contributed by atoms with van der Waals surface area (Å²) in [5.41, 5.74) is 1.06. The number of nitriles is 1. The highest BCUT2D eigenvalue weighted by atomic mass is 32.1. The maximum Gasteiger partial charge on any atom is 0.233 e. The molecule has 1 amide bonds. The van der Waals surface area contributed by atoms with Crippen molar-refractivity contribution in [1.29, 1.82) is 5.26 Å². The maximum atomic E-state index is 11.2. The molecule has 0 unspecified atom stereocenters. The summed E-state index contributed by atoms with van der Waals surface area (Å²) >= 11 is 1.63. The Labute approximate surface area is 105 Å². The summed E-state index contributed by atoms with van der Waals surface area (Å²) < 4.78 is 0. The molecule has 0 spiro atoms. The van der Waals surface area contributed by atoms with Crippen molar-refractivity contribution in [3.8, 4) is 6.07 Å². The highest BCUT2D eigenvalue weighted by molar-refractivity contribution is 7.09. The number of aromatic nitrogens is 1. The molecular weight excluding hydrogens is 236 g/mol. The first-order valence-corrected chi connectivity index (χ1v) is 6.35. The molecule has 1 aromatic rings. The topological polar surface area (TPSA) is 77.8 Å². The van der Waals surface area contributed by atoms with Gasteiger partial charge >= 0.3 is 0 Å². The van der Waals surface area contributed by atoms with Gasteiger partial charge in [-0.05, 0) is 6.92 Å². The third-order valence-electron chi connectivity index (χ3n) is 2.07. The summed E-state index contributed by atoms with van der Waals surface area (Å²) in [4.78, 5) is 15.6. The molecule has 1 aromatic heterocycles. The van der Waals surface area contributed by atoms with Crippen LogP contribution in [0.3, 0.4) is 0 Å². The standard InChI is InChI=1S/C11H16N4OS/c1-9-15-10(8-17-9)3-6-13-7-11(16)14-5-2-4-12/h8,13H,2-3,5-7H2,1H3,(H,14,16). The number of carbonyl (C=O) groups is 1. The number of hydrogen-bond acceptors (Lipinski definition) is 5. The van der Waals surface area contributed by atoms with Crippen LogP contribution >= 0.6 is 11.3 Å². The molecule has 0 fully saturated rings. The Morgan fingerprint density at radius 3 is 3.06 bits per heavy atom. The van der Waals surface area contributed by atoms with Crippen molar-refractivity contribution in [3.63, 3.8) is 0 Å². The number of nitrogens with zero attached hydrogens (tertiary/aromatic N) is 2. The second-order valence-electron chi connectivity index (χ2n) is 3.54. The van der Waals surface area contributed by atoms with E-state index >= 15 is 0 Å². The molecule has 5 nitrogen and oxygen atoms in total. The van der Waals surface area contributed by atoms with Gasteiger partial charge in [0.05, 0.1) is 29.7 Å². The van der Waals surface area contributed by atoms with Crippen molar-refractivity contribution >= 4 is 17.2 Å².